The molecule has 0 aliphatic rings. The smallest absolute Gasteiger partial charge is 0.267 e. The van der Waals surface area contributed by atoms with Gasteiger partial charge < -0.3 is 0 Å². The van der Waals surface area contributed by atoms with Gasteiger partial charge in [0.2, 0.25) is 0 Å². The molecular formula is C14H12ClN3O. The van der Waals surface area contributed by atoms with E-state index in [1.807, 2.05) is 12.1 Å². The van der Waals surface area contributed by atoms with E-state index < -0.39 is 0 Å². The molecule has 96 valence electrons. The third kappa shape index (κ3) is 3.63. The highest BCUT2D eigenvalue weighted by Gasteiger charge is 2.04. The number of rotatable bonds is 3. The Bertz CT molecular complexity index is 594. The van der Waals surface area contributed by atoms with Gasteiger partial charge in [-0.1, -0.05) is 17.7 Å². The minimum absolute atomic E-state index is 0.278. The molecule has 19 heavy (non-hydrogen) atoms. The minimum atomic E-state index is -0.278. The predicted octanol–water partition coefficient (Wildman–Crippen LogP) is 2.89. The van der Waals surface area contributed by atoms with E-state index in [9.17, 15) is 4.79 Å². The van der Waals surface area contributed by atoms with Gasteiger partial charge in [0, 0.05) is 28.5 Å². The number of hydrogen-bond donors (Lipinski definition) is 1. The molecule has 0 aliphatic carbocycles. The fraction of sp³-hybridized carbons (Fsp3) is 0.0714. The predicted molar refractivity (Wildman–Crippen MR) is 75.4 cm³/mol. The average Bonchev–Trinajstić information content (AvgIpc) is 2.46. The van der Waals surface area contributed by atoms with Gasteiger partial charge in [0.05, 0.1) is 5.71 Å². The number of pyridine rings is 1. The number of amides is 1. The number of hydrazone groups is 1. The first-order valence-corrected chi connectivity index (χ1v) is 6.05. The lowest BCUT2D eigenvalue weighted by molar-refractivity contribution is 0.0955. The molecule has 0 aliphatic heterocycles. The van der Waals surface area contributed by atoms with E-state index in [0.29, 0.717) is 16.3 Å². The maximum absolute atomic E-state index is 11.8. The summed E-state index contributed by atoms with van der Waals surface area (Å²) in [5.74, 6) is -0.278. The monoisotopic (exact) mass is 273 g/mol. The summed E-state index contributed by atoms with van der Waals surface area (Å²) in [5.41, 5.74) is 4.55. The van der Waals surface area contributed by atoms with Gasteiger partial charge in [0.1, 0.15) is 0 Å². The minimum Gasteiger partial charge on any atom is -0.267 e. The molecular weight excluding hydrogens is 262 g/mol. The highest BCUT2D eigenvalue weighted by atomic mass is 35.5. The van der Waals surface area contributed by atoms with Gasteiger partial charge in [-0.25, -0.2) is 5.43 Å². The first-order valence-electron chi connectivity index (χ1n) is 5.67. The molecule has 1 aromatic carbocycles. The van der Waals surface area contributed by atoms with Crippen LogP contribution in [0.2, 0.25) is 5.02 Å². The van der Waals surface area contributed by atoms with E-state index in [-0.39, 0.29) is 5.91 Å². The molecule has 0 saturated carbocycles. The quantitative estimate of drug-likeness (QED) is 0.690. The summed E-state index contributed by atoms with van der Waals surface area (Å²) in [6.07, 6.45) is 3.37. The summed E-state index contributed by atoms with van der Waals surface area (Å²) in [6.45, 7) is 1.80. The molecule has 1 heterocycles. The second-order valence-electron chi connectivity index (χ2n) is 3.89. The summed E-state index contributed by atoms with van der Waals surface area (Å²) in [4.78, 5) is 15.8. The normalized spacial score (nSPS) is 11.2. The summed E-state index contributed by atoms with van der Waals surface area (Å²) in [7, 11) is 0. The number of halogens is 1. The lowest BCUT2D eigenvalue weighted by Crippen LogP contribution is -2.19. The van der Waals surface area contributed by atoms with Gasteiger partial charge >= 0.3 is 0 Å². The summed E-state index contributed by atoms with van der Waals surface area (Å²) >= 11 is 5.76. The van der Waals surface area contributed by atoms with Crippen molar-refractivity contribution >= 4 is 23.2 Å². The average molecular weight is 274 g/mol. The third-order valence-corrected chi connectivity index (χ3v) is 2.76. The van der Waals surface area contributed by atoms with Crippen LogP contribution in [-0.4, -0.2) is 16.6 Å². The number of nitrogens with one attached hydrogen (secondary N) is 1. The van der Waals surface area contributed by atoms with Gasteiger partial charge in [0.15, 0.2) is 0 Å². The molecule has 0 saturated heterocycles. The van der Waals surface area contributed by atoms with Crippen molar-refractivity contribution in [3.05, 3.63) is 64.9 Å². The first kappa shape index (κ1) is 13.2. The van der Waals surface area contributed by atoms with E-state index in [1.54, 1.807) is 43.6 Å². The lowest BCUT2D eigenvalue weighted by atomic mass is 10.2. The highest BCUT2D eigenvalue weighted by Crippen LogP contribution is 2.09. The summed E-state index contributed by atoms with van der Waals surface area (Å²) < 4.78 is 0. The Morgan fingerprint density at radius 2 is 1.95 bits per heavy atom. The molecule has 5 heteroatoms. The molecule has 2 rings (SSSR count). The van der Waals surface area contributed by atoms with Crippen LogP contribution in [0.5, 0.6) is 0 Å². The summed E-state index contributed by atoms with van der Waals surface area (Å²) in [6, 6.07) is 10.3. The Balaban J connectivity index is 2.06. The van der Waals surface area contributed by atoms with Crippen molar-refractivity contribution < 1.29 is 4.79 Å². The van der Waals surface area contributed by atoms with Crippen molar-refractivity contribution in [3.8, 4) is 0 Å². The molecule has 0 spiro atoms. The largest absolute Gasteiger partial charge is 0.271 e. The van der Waals surface area contributed by atoms with Gasteiger partial charge in [-0.3, -0.25) is 9.78 Å². The fourth-order valence-electron chi connectivity index (χ4n) is 1.44. The number of nitrogens with zero attached hydrogens (tertiary/aromatic N) is 2. The van der Waals surface area contributed by atoms with Gasteiger partial charge in [0.25, 0.3) is 5.91 Å². The van der Waals surface area contributed by atoms with Crippen LogP contribution in [0.25, 0.3) is 0 Å². The molecule has 1 amide bonds. The SMILES string of the molecule is CC(=NNC(=O)c1ccc(Cl)cc1)c1cccnc1. The Morgan fingerprint density at radius 3 is 2.58 bits per heavy atom. The Kier molecular flexibility index (Phi) is 4.26. The zero-order valence-corrected chi connectivity index (χ0v) is 11.1. The van der Waals surface area contributed by atoms with Crippen molar-refractivity contribution in [1.82, 2.24) is 10.4 Å². The molecule has 1 N–H and O–H groups in total. The number of aromatic nitrogens is 1. The first-order chi connectivity index (χ1) is 9.16. The van der Waals surface area contributed by atoms with Crippen LogP contribution in [0.4, 0.5) is 0 Å². The topological polar surface area (TPSA) is 54.4 Å². The van der Waals surface area contributed by atoms with Crippen LogP contribution >= 0.6 is 11.6 Å². The lowest BCUT2D eigenvalue weighted by Gasteiger charge is -2.02. The van der Waals surface area contributed by atoms with Crippen LogP contribution in [0, 0.1) is 0 Å². The molecule has 1 aromatic heterocycles. The van der Waals surface area contributed by atoms with E-state index in [0.717, 1.165) is 5.56 Å². The Morgan fingerprint density at radius 1 is 1.21 bits per heavy atom. The number of benzene rings is 1. The summed E-state index contributed by atoms with van der Waals surface area (Å²) in [5, 5.41) is 4.63. The zero-order chi connectivity index (χ0) is 13.7. The fourth-order valence-corrected chi connectivity index (χ4v) is 1.57. The highest BCUT2D eigenvalue weighted by molar-refractivity contribution is 6.30. The number of carbonyl (C=O) groups excluding carboxylic acids is 1. The van der Waals surface area contributed by atoms with Crippen LogP contribution in [0.3, 0.4) is 0 Å². The molecule has 0 atom stereocenters. The van der Waals surface area contributed by atoms with Crippen molar-refractivity contribution in [2.75, 3.05) is 0 Å². The van der Waals surface area contributed by atoms with Gasteiger partial charge in [-0.15, -0.1) is 0 Å². The second kappa shape index (κ2) is 6.11. The van der Waals surface area contributed by atoms with Gasteiger partial charge in [-0.2, -0.15) is 5.10 Å². The van der Waals surface area contributed by atoms with Crippen LogP contribution < -0.4 is 5.43 Å². The van der Waals surface area contributed by atoms with Crippen LogP contribution in [0.15, 0.2) is 53.9 Å². The Hall–Kier alpha value is -2.20. The van der Waals surface area contributed by atoms with Crippen molar-refractivity contribution in [3.63, 3.8) is 0 Å². The van der Waals surface area contributed by atoms with Crippen LogP contribution in [-0.2, 0) is 0 Å². The van der Waals surface area contributed by atoms with E-state index in [4.69, 9.17) is 11.6 Å². The third-order valence-electron chi connectivity index (χ3n) is 2.51. The van der Waals surface area contributed by atoms with Crippen molar-refractivity contribution in [1.29, 1.82) is 0 Å². The zero-order valence-electron chi connectivity index (χ0n) is 10.3. The maximum Gasteiger partial charge on any atom is 0.271 e. The van der Waals surface area contributed by atoms with Gasteiger partial charge in [-0.05, 0) is 37.3 Å². The van der Waals surface area contributed by atoms with E-state index in [2.05, 4.69) is 15.5 Å². The molecule has 4 nitrogen and oxygen atoms in total. The molecule has 0 radical (unpaired) electrons. The standard InChI is InChI=1S/C14H12ClN3O/c1-10(12-3-2-8-16-9-12)17-18-14(19)11-4-6-13(15)7-5-11/h2-9H,1H3,(H,18,19). The van der Waals surface area contributed by atoms with E-state index >= 15 is 0 Å². The maximum atomic E-state index is 11.8. The number of hydrogen-bond acceptors (Lipinski definition) is 3. The Labute approximate surface area is 116 Å². The molecule has 0 unspecified atom stereocenters. The van der Waals surface area contributed by atoms with Crippen molar-refractivity contribution in [2.24, 2.45) is 5.10 Å². The van der Waals surface area contributed by atoms with Crippen LogP contribution in [0.1, 0.15) is 22.8 Å². The second-order valence-corrected chi connectivity index (χ2v) is 4.32. The van der Waals surface area contributed by atoms with E-state index in [1.165, 1.54) is 0 Å². The van der Waals surface area contributed by atoms with Crippen molar-refractivity contribution in [2.45, 2.75) is 6.92 Å². The molecule has 2 aromatic rings. The molecule has 0 bridgehead atoms. The molecule has 0 fully saturated rings. The number of carbonyl (C=O) groups is 1.